The Hall–Kier alpha value is -1.89. The summed E-state index contributed by atoms with van der Waals surface area (Å²) in [6, 6.07) is 6.62. The zero-order valence-electron chi connectivity index (χ0n) is 10.1. The first-order valence-electron chi connectivity index (χ1n) is 5.39. The summed E-state index contributed by atoms with van der Waals surface area (Å²) in [5.41, 5.74) is 0.559. The molecule has 1 aromatic carbocycles. The maximum atomic E-state index is 11.6. The van der Waals surface area contributed by atoms with Gasteiger partial charge in [-0.05, 0) is 19.1 Å². The third-order valence-electron chi connectivity index (χ3n) is 2.50. The zero-order chi connectivity index (χ0) is 13.2. The number of sulfone groups is 1. The van der Waals surface area contributed by atoms with Crippen LogP contribution < -0.4 is 5.32 Å². The van der Waals surface area contributed by atoms with Crippen molar-refractivity contribution in [1.82, 2.24) is 15.2 Å². The quantitative estimate of drug-likeness (QED) is 0.873. The minimum Gasteiger partial charge on any atom is -0.374 e. The topological polar surface area (TPSA) is 87.7 Å². The largest absolute Gasteiger partial charge is 0.374 e. The molecule has 0 saturated heterocycles. The number of hydrogen-bond acceptors (Lipinski definition) is 5. The minimum absolute atomic E-state index is 0.157. The van der Waals surface area contributed by atoms with Crippen LogP contribution in [0.2, 0.25) is 0 Å². The average molecular weight is 266 g/mol. The maximum absolute atomic E-state index is 11.6. The molecule has 0 aliphatic carbocycles. The van der Waals surface area contributed by atoms with Crippen molar-refractivity contribution in [2.45, 2.75) is 17.9 Å². The van der Waals surface area contributed by atoms with E-state index in [9.17, 15) is 8.42 Å². The third-order valence-corrected chi connectivity index (χ3v) is 3.66. The third kappa shape index (κ3) is 2.67. The molecular weight excluding hydrogens is 252 g/mol. The highest BCUT2D eigenvalue weighted by molar-refractivity contribution is 7.90. The first-order chi connectivity index (χ1) is 8.48. The first-order valence-corrected chi connectivity index (χ1v) is 7.28. The molecule has 1 unspecified atom stereocenters. The van der Waals surface area contributed by atoms with Crippen molar-refractivity contribution in [3.63, 3.8) is 0 Å². The second kappa shape index (κ2) is 4.77. The second-order valence-corrected chi connectivity index (χ2v) is 5.99. The van der Waals surface area contributed by atoms with Gasteiger partial charge >= 0.3 is 0 Å². The molecule has 1 atom stereocenters. The summed E-state index contributed by atoms with van der Waals surface area (Å²) in [5.74, 6) is 0.651. The summed E-state index contributed by atoms with van der Waals surface area (Å²) < 4.78 is 23.3. The number of anilines is 1. The molecule has 0 fully saturated rings. The fraction of sp³-hybridized carbons (Fsp3) is 0.273. The van der Waals surface area contributed by atoms with E-state index in [0.717, 1.165) is 0 Å². The van der Waals surface area contributed by atoms with E-state index in [-0.39, 0.29) is 10.9 Å². The molecule has 0 saturated carbocycles. The minimum atomic E-state index is -3.26. The Morgan fingerprint density at radius 1 is 1.33 bits per heavy atom. The van der Waals surface area contributed by atoms with Gasteiger partial charge in [-0.3, -0.25) is 5.10 Å². The van der Waals surface area contributed by atoms with E-state index in [0.29, 0.717) is 11.5 Å². The summed E-state index contributed by atoms with van der Waals surface area (Å²) >= 11 is 0. The highest BCUT2D eigenvalue weighted by Crippen LogP contribution is 2.24. The van der Waals surface area contributed by atoms with Crippen molar-refractivity contribution in [3.05, 3.63) is 36.4 Å². The van der Waals surface area contributed by atoms with Gasteiger partial charge in [0.2, 0.25) is 0 Å². The molecule has 18 heavy (non-hydrogen) atoms. The molecular formula is C11H14N4O2S. The Bertz CT molecular complexity index is 622. The van der Waals surface area contributed by atoms with Crippen LogP contribution in [0.15, 0.2) is 35.5 Å². The summed E-state index contributed by atoms with van der Waals surface area (Å²) in [6.45, 7) is 1.87. The van der Waals surface area contributed by atoms with E-state index in [1.54, 1.807) is 24.3 Å². The van der Waals surface area contributed by atoms with Gasteiger partial charge in [0.25, 0.3) is 0 Å². The number of para-hydroxylation sites is 1. The van der Waals surface area contributed by atoms with Crippen LogP contribution in [0.3, 0.4) is 0 Å². The van der Waals surface area contributed by atoms with Gasteiger partial charge in [-0.25, -0.2) is 13.4 Å². The van der Waals surface area contributed by atoms with Gasteiger partial charge in [0.05, 0.1) is 16.6 Å². The smallest absolute Gasteiger partial charge is 0.177 e. The Balaban J connectivity index is 2.30. The predicted octanol–water partition coefficient (Wildman–Crippen LogP) is 1.38. The molecule has 0 amide bonds. The Labute approximate surface area is 105 Å². The fourth-order valence-corrected chi connectivity index (χ4v) is 2.49. The van der Waals surface area contributed by atoms with Crippen LogP contribution in [0.4, 0.5) is 5.69 Å². The molecule has 7 heteroatoms. The maximum Gasteiger partial charge on any atom is 0.177 e. The number of nitrogens with one attached hydrogen (secondary N) is 2. The summed E-state index contributed by atoms with van der Waals surface area (Å²) in [6.07, 6.45) is 2.60. The fourth-order valence-electron chi connectivity index (χ4n) is 1.63. The van der Waals surface area contributed by atoms with Crippen molar-refractivity contribution in [3.8, 4) is 0 Å². The van der Waals surface area contributed by atoms with Gasteiger partial charge in [-0.15, -0.1) is 0 Å². The van der Waals surface area contributed by atoms with Crippen molar-refractivity contribution in [1.29, 1.82) is 0 Å². The van der Waals surface area contributed by atoms with Gasteiger partial charge in [-0.1, -0.05) is 12.1 Å². The summed E-state index contributed by atoms with van der Waals surface area (Å²) in [4.78, 5) is 4.30. The molecule has 2 N–H and O–H groups in total. The van der Waals surface area contributed by atoms with Gasteiger partial charge in [-0.2, -0.15) is 5.10 Å². The Kier molecular flexibility index (Phi) is 3.33. The van der Waals surface area contributed by atoms with Crippen LogP contribution in [-0.2, 0) is 9.84 Å². The highest BCUT2D eigenvalue weighted by Gasteiger charge is 2.15. The predicted molar refractivity (Wildman–Crippen MR) is 68.0 cm³/mol. The first kappa shape index (κ1) is 12.6. The molecule has 0 spiro atoms. The molecule has 1 aromatic heterocycles. The van der Waals surface area contributed by atoms with E-state index in [1.807, 2.05) is 6.92 Å². The van der Waals surface area contributed by atoms with E-state index < -0.39 is 9.84 Å². The molecule has 0 aliphatic heterocycles. The van der Waals surface area contributed by atoms with Gasteiger partial charge in [0, 0.05) is 6.26 Å². The van der Waals surface area contributed by atoms with Crippen molar-refractivity contribution >= 4 is 15.5 Å². The Morgan fingerprint density at radius 3 is 2.67 bits per heavy atom. The lowest BCUT2D eigenvalue weighted by molar-refractivity contribution is 0.602. The van der Waals surface area contributed by atoms with Crippen LogP contribution in [0.25, 0.3) is 0 Å². The number of rotatable bonds is 4. The monoisotopic (exact) mass is 266 g/mol. The number of hydrogen-bond donors (Lipinski definition) is 2. The van der Waals surface area contributed by atoms with Crippen LogP contribution in [-0.4, -0.2) is 29.9 Å². The highest BCUT2D eigenvalue weighted by atomic mass is 32.2. The Morgan fingerprint density at radius 2 is 2.06 bits per heavy atom. The lowest BCUT2D eigenvalue weighted by Crippen LogP contribution is -2.11. The molecule has 2 aromatic rings. The van der Waals surface area contributed by atoms with Crippen molar-refractivity contribution in [2.75, 3.05) is 11.6 Å². The zero-order valence-corrected chi connectivity index (χ0v) is 10.9. The molecule has 0 radical (unpaired) electrons. The standard InChI is InChI=1S/C11H14N4O2S/c1-8(11-12-7-13-15-11)14-9-5-3-4-6-10(9)18(2,16)17/h3-8,14H,1-2H3,(H,12,13,15). The van der Waals surface area contributed by atoms with Crippen LogP contribution in [0.5, 0.6) is 0 Å². The second-order valence-electron chi connectivity index (χ2n) is 4.01. The molecule has 1 heterocycles. The SMILES string of the molecule is CC(Nc1ccccc1S(C)(=O)=O)c1ncn[nH]1. The number of benzene rings is 1. The van der Waals surface area contributed by atoms with Crippen LogP contribution in [0.1, 0.15) is 18.8 Å². The number of aromatic amines is 1. The van der Waals surface area contributed by atoms with Crippen LogP contribution >= 0.6 is 0 Å². The number of nitrogens with zero attached hydrogens (tertiary/aromatic N) is 2. The van der Waals surface area contributed by atoms with Crippen molar-refractivity contribution in [2.24, 2.45) is 0 Å². The number of H-pyrrole nitrogens is 1. The molecule has 0 aliphatic rings. The van der Waals surface area contributed by atoms with Gasteiger partial charge in [0.15, 0.2) is 9.84 Å². The van der Waals surface area contributed by atoms with Gasteiger partial charge in [0.1, 0.15) is 12.2 Å². The van der Waals surface area contributed by atoms with E-state index in [4.69, 9.17) is 0 Å². The molecule has 0 bridgehead atoms. The normalized spacial score (nSPS) is 13.2. The van der Waals surface area contributed by atoms with E-state index >= 15 is 0 Å². The van der Waals surface area contributed by atoms with Crippen molar-refractivity contribution < 1.29 is 8.42 Å². The van der Waals surface area contributed by atoms with E-state index in [1.165, 1.54) is 12.6 Å². The number of aromatic nitrogens is 3. The summed E-state index contributed by atoms with van der Waals surface area (Å²) in [5, 5.41) is 9.61. The van der Waals surface area contributed by atoms with Gasteiger partial charge < -0.3 is 5.32 Å². The lowest BCUT2D eigenvalue weighted by atomic mass is 10.2. The lowest BCUT2D eigenvalue weighted by Gasteiger charge is -2.15. The average Bonchev–Trinajstić information content (AvgIpc) is 2.81. The van der Waals surface area contributed by atoms with E-state index in [2.05, 4.69) is 20.5 Å². The molecule has 2 rings (SSSR count). The molecule has 6 nitrogen and oxygen atoms in total. The molecule has 96 valence electrons. The van der Waals surface area contributed by atoms with Crippen LogP contribution in [0, 0.1) is 0 Å². The summed E-state index contributed by atoms with van der Waals surface area (Å²) in [7, 11) is -3.26.